The lowest BCUT2D eigenvalue weighted by atomic mass is 10.2. The summed E-state index contributed by atoms with van der Waals surface area (Å²) in [6, 6.07) is 7.72. The minimum atomic E-state index is -3.41. The molecule has 27 heavy (non-hydrogen) atoms. The van der Waals surface area contributed by atoms with Gasteiger partial charge in [0.25, 0.3) is 11.5 Å². The minimum Gasteiger partial charge on any atom is -0.331 e. The quantitative estimate of drug-likeness (QED) is 0.679. The first-order valence-corrected chi connectivity index (χ1v) is 11.1. The van der Waals surface area contributed by atoms with Crippen LogP contribution in [0.3, 0.4) is 0 Å². The van der Waals surface area contributed by atoms with E-state index in [4.69, 9.17) is 0 Å². The molecule has 1 amide bonds. The summed E-state index contributed by atoms with van der Waals surface area (Å²) in [5.41, 5.74) is 0.653. The molecule has 9 heteroatoms. The molecule has 0 unspecified atom stereocenters. The SMILES string of the molecule is CCCN(Cc1nc2ccsc2c(=O)[nH]1)C(=O)c1cccc(S(C)(=O)=O)c1. The molecule has 0 fully saturated rings. The summed E-state index contributed by atoms with van der Waals surface area (Å²) in [7, 11) is -3.41. The second kappa shape index (κ2) is 7.61. The van der Waals surface area contributed by atoms with Crippen molar-refractivity contribution in [1.82, 2.24) is 14.9 Å². The molecule has 0 atom stereocenters. The monoisotopic (exact) mass is 405 g/mol. The van der Waals surface area contributed by atoms with E-state index < -0.39 is 9.84 Å². The Kier molecular flexibility index (Phi) is 5.43. The highest BCUT2D eigenvalue weighted by molar-refractivity contribution is 7.90. The Morgan fingerprint density at radius 1 is 1.30 bits per heavy atom. The fourth-order valence-corrected chi connectivity index (χ4v) is 4.13. The molecule has 1 N–H and O–H groups in total. The van der Waals surface area contributed by atoms with Gasteiger partial charge in [-0.3, -0.25) is 9.59 Å². The van der Waals surface area contributed by atoms with Gasteiger partial charge in [0.05, 0.1) is 17.0 Å². The first-order valence-electron chi connectivity index (χ1n) is 8.35. The predicted octanol–water partition coefficient (Wildman–Crippen LogP) is 2.44. The Bertz CT molecular complexity index is 1150. The van der Waals surface area contributed by atoms with Gasteiger partial charge in [-0.25, -0.2) is 13.4 Å². The molecule has 0 aliphatic heterocycles. The summed E-state index contributed by atoms with van der Waals surface area (Å²) in [5, 5.41) is 1.79. The number of carbonyl (C=O) groups is 1. The van der Waals surface area contributed by atoms with Crippen molar-refractivity contribution in [1.29, 1.82) is 0 Å². The third kappa shape index (κ3) is 4.25. The van der Waals surface area contributed by atoms with Crippen LogP contribution in [-0.2, 0) is 16.4 Å². The van der Waals surface area contributed by atoms with Gasteiger partial charge in [-0.1, -0.05) is 13.0 Å². The summed E-state index contributed by atoms with van der Waals surface area (Å²) >= 11 is 1.32. The number of sulfone groups is 1. The zero-order valence-electron chi connectivity index (χ0n) is 14.9. The highest BCUT2D eigenvalue weighted by atomic mass is 32.2. The number of nitrogens with zero attached hydrogens (tertiary/aromatic N) is 2. The zero-order valence-corrected chi connectivity index (χ0v) is 16.6. The summed E-state index contributed by atoms with van der Waals surface area (Å²) in [6.07, 6.45) is 1.81. The van der Waals surface area contributed by atoms with Gasteiger partial charge < -0.3 is 9.88 Å². The first-order chi connectivity index (χ1) is 12.8. The Hall–Kier alpha value is -2.52. The average Bonchev–Trinajstić information content (AvgIpc) is 3.09. The highest BCUT2D eigenvalue weighted by Crippen LogP contribution is 2.17. The van der Waals surface area contributed by atoms with Crippen LogP contribution in [0.25, 0.3) is 10.2 Å². The van der Waals surface area contributed by atoms with Crippen LogP contribution in [0.2, 0.25) is 0 Å². The fourth-order valence-electron chi connectivity index (χ4n) is 2.74. The summed E-state index contributed by atoms with van der Waals surface area (Å²) < 4.78 is 24.1. The molecule has 0 saturated carbocycles. The van der Waals surface area contributed by atoms with Crippen LogP contribution >= 0.6 is 11.3 Å². The van der Waals surface area contributed by atoms with Crippen LogP contribution in [0.1, 0.15) is 29.5 Å². The van der Waals surface area contributed by atoms with Crippen molar-refractivity contribution in [2.45, 2.75) is 24.8 Å². The lowest BCUT2D eigenvalue weighted by Crippen LogP contribution is -2.32. The average molecular weight is 406 g/mol. The summed E-state index contributed by atoms with van der Waals surface area (Å²) in [5.74, 6) is 0.0855. The van der Waals surface area contributed by atoms with E-state index in [1.165, 1.54) is 23.5 Å². The number of benzene rings is 1. The molecular formula is C18H19N3O4S2. The number of H-pyrrole nitrogens is 1. The number of aromatic nitrogens is 2. The summed E-state index contributed by atoms with van der Waals surface area (Å²) in [4.78, 5) is 33.9. The molecule has 0 aliphatic carbocycles. The van der Waals surface area contributed by atoms with Gasteiger partial charge in [-0.05, 0) is 36.1 Å². The molecule has 0 radical (unpaired) electrons. The predicted molar refractivity (Wildman–Crippen MR) is 105 cm³/mol. The maximum atomic E-state index is 12.9. The number of aromatic amines is 1. The number of hydrogen-bond acceptors (Lipinski definition) is 6. The Morgan fingerprint density at radius 2 is 2.07 bits per heavy atom. The van der Waals surface area contributed by atoms with Crippen LogP contribution in [0, 0.1) is 0 Å². The molecule has 2 aromatic heterocycles. The summed E-state index contributed by atoms with van der Waals surface area (Å²) in [6.45, 7) is 2.52. The van der Waals surface area contributed by atoms with Gasteiger partial charge in [-0.15, -0.1) is 11.3 Å². The van der Waals surface area contributed by atoms with E-state index in [1.807, 2.05) is 6.92 Å². The lowest BCUT2D eigenvalue weighted by Gasteiger charge is -2.22. The molecule has 2 heterocycles. The van der Waals surface area contributed by atoms with E-state index in [1.54, 1.807) is 28.5 Å². The van der Waals surface area contributed by atoms with E-state index in [0.29, 0.717) is 29.0 Å². The van der Waals surface area contributed by atoms with Crippen molar-refractivity contribution in [2.24, 2.45) is 0 Å². The molecule has 0 bridgehead atoms. The number of rotatable bonds is 6. The fraction of sp³-hybridized carbons (Fsp3) is 0.278. The standard InChI is InChI=1S/C18H19N3O4S2/c1-3-8-21(11-15-19-14-7-9-26-16(14)17(22)20-15)18(23)12-5-4-6-13(10-12)27(2,24)25/h4-7,9-10H,3,8,11H2,1-2H3,(H,19,20,22). The van der Waals surface area contributed by atoms with Gasteiger partial charge >= 0.3 is 0 Å². The van der Waals surface area contributed by atoms with Gasteiger partial charge in [0.15, 0.2) is 9.84 Å². The van der Waals surface area contributed by atoms with Crippen LogP contribution in [-0.4, -0.2) is 42.0 Å². The zero-order chi connectivity index (χ0) is 19.6. The minimum absolute atomic E-state index is 0.0935. The third-order valence-electron chi connectivity index (χ3n) is 3.99. The van der Waals surface area contributed by atoms with Crippen LogP contribution in [0.5, 0.6) is 0 Å². The maximum Gasteiger partial charge on any atom is 0.268 e. The number of hydrogen-bond donors (Lipinski definition) is 1. The third-order valence-corrected chi connectivity index (χ3v) is 6.01. The van der Waals surface area contributed by atoms with E-state index in [-0.39, 0.29) is 28.5 Å². The maximum absolute atomic E-state index is 12.9. The van der Waals surface area contributed by atoms with Gasteiger partial charge in [0.2, 0.25) is 0 Å². The molecular weight excluding hydrogens is 386 g/mol. The Labute approximate surface area is 160 Å². The van der Waals surface area contributed by atoms with Crippen LogP contribution in [0.4, 0.5) is 0 Å². The van der Waals surface area contributed by atoms with E-state index >= 15 is 0 Å². The van der Waals surface area contributed by atoms with Crippen molar-refractivity contribution < 1.29 is 13.2 Å². The topological polar surface area (TPSA) is 100 Å². The normalized spacial score (nSPS) is 11.6. The van der Waals surface area contributed by atoms with Crippen molar-refractivity contribution >= 4 is 37.3 Å². The lowest BCUT2D eigenvalue weighted by molar-refractivity contribution is 0.0738. The number of nitrogens with one attached hydrogen (secondary N) is 1. The van der Waals surface area contributed by atoms with Crippen molar-refractivity contribution in [3.63, 3.8) is 0 Å². The number of carbonyl (C=O) groups excluding carboxylic acids is 1. The van der Waals surface area contributed by atoms with Crippen molar-refractivity contribution in [3.05, 3.63) is 57.5 Å². The molecule has 3 rings (SSSR count). The molecule has 1 aromatic carbocycles. The van der Waals surface area contributed by atoms with E-state index in [0.717, 1.165) is 6.26 Å². The van der Waals surface area contributed by atoms with E-state index in [2.05, 4.69) is 9.97 Å². The van der Waals surface area contributed by atoms with Gasteiger partial charge in [0, 0.05) is 18.4 Å². The van der Waals surface area contributed by atoms with E-state index in [9.17, 15) is 18.0 Å². The van der Waals surface area contributed by atoms with Crippen molar-refractivity contribution in [2.75, 3.05) is 12.8 Å². The molecule has 0 spiro atoms. The van der Waals surface area contributed by atoms with Gasteiger partial charge in [0.1, 0.15) is 10.5 Å². The van der Waals surface area contributed by atoms with Gasteiger partial charge in [-0.2, -0.15) is 0 Å². The second-order valence-corrected chi connectivity index (χ2v) is 9.11. The van der Waals surface area contributed by atoms with Crippen LogP contribution < -0.4 is 5.56 Å². The molecule has 7 nitrogen and oxygen atoms in total. The molecule has 3 aromatic rings. The molecule has 0 aliphatic rings. The van der Waals surface area contributed by atoms with Crippen molar-refractivity contribution in [3.8, 4) is 0 Å². The molecule has 0 saturated heterocycles. The van der Waals surface area contributed by atoms with Crippen LogP contribution in [0.15, 0.2) is 45.4 Å². The smallest absolute Gasteiger partial charge is 0.268 e. The number of fused-ring (bicyclic) bond motifs is 1. The molecule has 142 valence electrons. The highest BCUT2D eigenvalue weighted by Gasteiger charge is 2.19. The second-order valence-electron chi connectivity index (χ2n) is 6.17. The first kappa shape index (κ1) is 19.2. The Balaban J connectivity index is 1.92. The largest absolute Gasteiger partial charge is 0.331 e. The number of amides is 1. The number of thiophene rings is 1. The Morgan fingerprint density at radius 3 is 2.78 bits per heavy atom.